The van der Waals surface area contributed by atoms with Crippen LogP contribution >= 0.6 is 11.6 Å². The van der Waals surface area contributed by atoms with E-state index in [9.17, 15) is 22.8 Å². The van der Waals surface area contributed by atoms with Crippen LogP contribution in [0, 0.1) is 0 Å². The summed E-state index contributed by atoms with van der Waals surface area (Å²) in [5.74, 6) is -0.332. The number of rotatable bonds is 8. The molecule has 0 amide bonds. The van der Waals surface area contributed by atoms with E-state index in [0.717, 1.165) is 18.2 Å². The summed E-state index contributed by atoms with van der Waals surface area (Å²) in [7, 11) is 0. The molecule has 2 aromatic rings. The van der Waals surface area contributed by atoms with Gasteiger partial charge in [-0.3, -0.25) is 9.59 Å². The summed E-state index contributed by atoms with van der Waals surface area (Å²) in [6, 6.07) is 8.83. The molecule has 0 radical (unpaired) electrons. The first-order chi connectivity index (χ1) is 13.6. The lowest BCUT2D eigenvalue weighted by Gasteiger charge is -2.14. The minimum Gasteiger partial charge on any atom is -0.483 e. The van der Waals surface area contributed by atoms with Gasteiger partial charge in [0.1, 0.15) is 23.7 Å². The largest absolute Gasteiger partial charge is 0.483 e. The summed E-state index contributed by atoms with van der Waals surface area (Å²) in [6.07, 6.45) is -5.75. The number of halogens is 4. The molecule has 0 aliphatic carbocycles. The van der Waals surface area contributed by atoms with Crippen molar-refractivity contribution in [2.24, 2.45) is 0 Å². The van der Waals surface area contributed by atoms with E-state index in [1.807, 2.05) is 0 Å². The Morgan fingerprint density at radius 1 is 1.07 bits per heavy atom. The number of ether oxygens (including phenoxy) is 3. The van der Waals surface area contributed by atoms with Crippen molar-refractivity contribution in [3.8, 4) is 17.2 Å². The first-order valence-electron chi connectivity index (χ1n) is 8.59. The minimum absolute atomic E-state index is 0.0614. The molecule has 156 valence electrons. The molecule has 5 nitrogen and oxygen atoms in total. The van der Waals surface area contributed by atoms with E-state index < -0.39 is 29.6 Å². The molecular formula is C20H18ClF3O5. The number of ketones is 1. The Bertz CT molecular complexity index is 865. The predicted molar refractivity (Wildman–Crippen MR) is 99.3 cm³/mol. The Hall–Kier alpha value is -2.74. The van der Waals surface area contributed by atoms with Crippen molar-refractivity contribution in [1.29, 1.82) is 0 Å². The number of carbonyl (C=O) groups is 2. The van der Waals surface area contributed by atoms with Gasteiger partial charge in [-0.25, -0.2) is 0 Å². The highest BCUT2D eigenvalue weighted by molar-refractivity contribution is 6.32. The number of esters is 1. The van der Waals surface area contributed by atoms with Gasteiger partial charge in [-0.2, -0.15) is 13.2 Å². The molecule has 1 atom stereocenters. The third-order valence-corrected chi connectivity index (χ3v) is 4.00. The molecular weight excluding hydrogens is 413 g/mol. The fraction of sp³-hybridized carbons (Fsp3) is 0.300. The summed E-state index contributed by atoms with van der Waals surface area (Å²) in [4.78, 5) is 23.3. The standard InChI is InChI=1S/C20H18ClF3O5/c1-3-27-19(26)11-17(25)12(2)28-14-5-7-15(8-6-14)29-18-9-4-13(10-16(18)21)20(22,23)24/h4-10,12H,3,11H2,1-2H3. The molecule has 0 aromatic heterocycles. The van der Waals surface area contributed by atoms with E-state index in [1.54, 1.807) is 6.92 Å². The van der Waals surface area contributed by atoms with Gasteiger partial charge in [0.2, 0.25) is 0 Å². The zero-order valence-corrected chi connectivity index (χ0v) is 16.3. The fourth-order valence-electron chi connectivity index (χ4n) is 2.24. The second kappa shape index (κ2) is 9.65. The highest BCUT2D eigenvalue weighted by Gasteiger charge is 2.31. The van der Waals surface area contributed by atoms with Gasteiger partial charge in [0, 0.05) is 0 Å². The highest BCUT2D eigenvalue weighted by atomic mass is 35.5. The average molecular weight is 431 g/mol. The van der Waals surface area contributed by atoms with Gasteiger partial charge in [0.05, 0.1) is 17.2 Å². The van der Waals surface area contributed by atoms with Crippen molar-refractivity contribution < 1.29 is 37.0 Å². The summed E-state index contributed by atoms with van der Waals surface area (Å²) in [6.45, 7) is 3.34. The third kappa shape index (κ3) is 6.67. The minimum atomic E-state index is -4.50. The van der Waals surface area contributed by atoms with Crippen molar-refractivity contribution in [2.75, 3.05) is 6.61 Å². The SMILES string of the molecule is CCOC(=O)CC(=O)C(C)Oc1ccc(Oc2ccc(C(F)(F)F)cc2Cl)cc1. The third-order valence-electron chi connectivity index (χ3n) is 3.70. The van der Waals surface area contributed by atoms with Crippen molar-refractivity contribution in [2.45, 2.75) is 32.5 Å². The maximum Gasteiger partial charge on any atom is 0.416 e. The number of Topliss-reactive ketones (excluding diaryl/α,β-unsaturated/α-hetero) is 1. The van der Waals surface area contributed by atoms with Crippen molar-refractivity contribution >= 4 is 23.4 Å². The van der Waals surface area contributed by atoms with Crippen LogP contribution in [0.2, 0.25) is 5.02 Å². The highest BCUT2D eigenvalue weighted by Crippen LogP contribution is 2.36. The van der Waals surface area contributed by atoms with E-state index in [0.29, 0.717) is 11.5 Å². The van der Waals surface area contributed by atoms with Gasteiger partial charge >= 0.3 is 12.1 Å². The Morgan fingerprint density at radius 2 is 1.69 bits per heavy atom. The van der Waals surface area contributed by atoms with Gasteiger partial charge < -0.3 is 14.2 Å². The number of benzene rings is 2. The average Bonchev–Trinajstić information content (AvgIpc) is 2.64. The van der Waals surface area contributed by atoms with Crippen LogP contribution in [0.4, 0.5) is 13.2 Å². The topological polar surface area (TPSA) is 61.8 Å². The number of hydrogen-bond acceptors (Lipinski definition) is 5. The zero-order valence-electron chi connectivity index (χ0n) is 15.6. The molecule has 0 heterocycles. The Labute approximate surface area is 170 Å². The van der Waals surface area contributed by atoms with E-state index in [1.165, 1.54) is 31.2 Å². The van der Waals surface area contributed by atoms with Crippen LogP contribution in [-0.2, 0) is 20.5 Å². The molecule has 2 aromatic carbocycles. The second-order valence-corrected chi connectivity index (χ2v) is 6.33. The van der Waals surface area contributed by atoms with E-state index in [2.05, 4.69) is 0 Å². The molecule has 2 rings (SSSR count). The Balaban J connectivity index is 1.98. The first kappa shape index (κ1) is 22.5. The van der Waals surface area contributed by atoms with Crippen molar-refractivity contribution in [1.82, 2.24) is 0 Å². The van der Waals surface area contributed by atoms with Crippen LogP contribution in [-0.4, -0.2) is 24.5 Å². The van der Waals surface area contributed by atoms with Crippen LogP contribution in [0.5, 0.6) is 17.2 Å². The van der Waals surface area contributed by atoms with Gasteiger partial charge in [-0.05, 0) is 56.3 Å². The molecule has 0 fully saturated rings. The van der Waals surface area contributed by atoms with E-state index >= 15 is 0 Å². The molecule has 0 N–H and O–H groups in total. The number of hydrogen-bond donors (Lipinski definition) is 0. The van der Waals surface area contributed by atoms with Crippen LogP contribution in [0.15, 0.2) is 42.5 Å². The molecule has 1 unspecified atom stereocenters. The fourth-order valence-corrected chi connectivity index (χ4v) is 2.46. The normalized spacial score (nSPS) is 12.2. The quantitative estimate of drug-likeness (QED) is 0.412. The van der Waals surface area contributed by atoms with E-state index in [4.69, 9.17) is 25.8 Å². The van der Waals surface area contributed by atoms with Crippen molar-refractivity contribution in [3.05, 3.63) is 53.1 Å². The van der Waals surface area contributed by atoms with Gasteiger partial charge in [0.15, 0.2) is 11.9 Å². The van der Waals surface area contributed by atoms with Gasteiger partial charge in [-0.15, -0.1) is 0 Å². The molecule has 0 aliphatic heterocycles. The van der Waals surface area contributed by atoms with Gasteiger partial charge in [0.25, 0.3) is 0 Å². The maximum absolute atomic E-state index is 12.7. The molecule has 0 saturated carbocycles. The lowest BCUT2D eigenvalue weighted by Crippen LogP contribution is -2.26. The molecule has 0 bridgehead atoms. The molecule has 0 saturated heterocycles. The Morgan fingerprint density at radius 3 is 2.24 bits per heavy atom. The first-order valence-corrected chi connectivity index (χ1v) is 8.97. The summed E-state index contributed by atoms with van der Waals surface area (Å²) < 4.78 is 53.7. The van der Waals surface area contributed by atoms with Crippen LogP contribution in [0.3, 0.4) is 0 Å². The number of alkyl halides is 3. The van der Waals surface area contributed by atoms with Crippen LogP contribution in [0.1, 0.15) is 25.8 Å². The summed E-state index contributed by atoms with van der Waals surface area (Å²) >= 11 is 5.86. The zero-order chi connectivity index (χ0) is 21.6. The summed E-state index contributed by atoms with van der Waals surface area (Å²) in [5, 5.41) is -0.182. The van der Waals surface area contributed by atoms with Crippen LogP contribution < -0.4 is 9.47 Å². The lowest BCUT2D eigenvalue weighted by atomic mass is 10.2. The monoisotopic (exact) mass is 430 g/mol. The number of carbonyl (C=O) groups excluding carboxylic acids is 2. The smallest absolute Gasteiger partial charge is 0.416 e. The maximum atomic E-state index is 12.7. The molecule has 0 aliphatic rings. The second-order valence-electron chi connectivity index (χ2n) is 5.92. The molecule has 0 spiro atoms. The van der Waals surface area contributed by atoms with Gasteiger partial charge in [-0.1, -0.05) is 11.6 Å². The molecule has 29 heavy (non-hydrogen) atoms. The van der Waals surface area contributed by atoms with E-state index in [-0.39, 0.29) is 23.8 Å². The lowest BCUT2D eigenvalue weighted by molar-refractivity contribution is -0.147. The van der Waals surface area contributed by atoms with Crippen molar-refractivity contribution in [3.63, 3.8) is 0 Å². The van der Waals surface area contributed by atoms with Crippen LogP contribution in [0.25, 0.3) is 0 Å². The summed E-state index contributed by atoms with van der Waals surface area (Å²) in [5.41, 5.74) is -0.875. The molecule has 9 heteroatoms. The predicted octanol–water partition coefficient (Wildman–Crippen LogP) is 5.44. The Kier molecular flexibility index (Phi) is 7.50.